The largest absolute Gasteiger partial charge is 0.383 e. The number of thiazole rings is 1. The summed E-state index contributed by atoms with van der Waals surface area (Å²) in [7, 11) is 0. The van der Waals surface area contributed by atoms with Gasteiger partial charge in [0.15, 0.2) is 5.82 Å². The van der Waals surface area contributed by atoms with E-state index in [1.807, 2.05) is 29.6 Å². The lowest BCUT2D eigenvalue weighted by atomic mass is 10.2. The van der Waals surface area contributed by atoms with Gasteiger partial charge in [-0.2, -0.15) is 9.50 Å². The topological polar surface area (TPSA) is 56.2 Å². The van der Waals surface area contributed by atoms with Crippen LogP contribution in [0.5, 0.6) is 0 Å². The van der Waals surface area contributed by atoms with Crippen LogP contribution in [-0.4, -0.2) is 14.6 Å². The van der Waals surface area contributed by atoms with E-state index in [0.29, 0.717) is 16.7 Å². The first-order valence-electron chi connectivity index (χ1n) is 4.60. The van der Waals surface area contributed by atoms with Gasteiger partial charge in [-0.3, -0.25) is 0 Å². The highest BCUT2D eigenvalue weighted by atomic mass is 35.5. The summed E-state index contributed by atoms with van der Waals surface area (Å²) in [6.07, 6.45) is 0. The number of rotatable bonds is 1. The van der Waals surface area contributed by atoms with Gasteiger partial charge in [-0.05, 0) is 24.3 Å². The summed E-state index contributed by atoms with van der Waals surface area (Å²) in [6, 6.07) is 7.40. The standard InChI is InChI=1S/C10H7ClN4S/c11-7-3-1-6(2-4-7)9-13-10-15(14-9)8(12)5-16-10/h1-5H,12H2. The lowest BCUT2D eigenvalue weighted by Crippen LogP contribution is -1.92. The number of halogens is 1. The van der Waals surface area contributed by atoms with Crippen molar-refractivity contribution >= 4 is 33.7 Å². The predicted octanol–water partition coefficient (Wildman–Crippen LogP) is 2.69. The molecule has 0 atom stereocenters. The maximum absolute atomic E-state index is 5.82. The highest BCUT2D eigenvalue weighted by Crippen LogP contribution is 2.22. The number of nitrogens with zero attached hydrogens (tertiary/aromatic N) is 3. The van der Waals surface area contributed by atoms with Gasteiger partial charge in [0.05, 0.1) is 0 Å². The number of benzene rings is 1. The Morgan fingerprint density at radius 1 is 1.25 bits per heavy atom. The van der Waals surface area contributed by atoms with Gasteiger partial charge in [0, 0.05) is 16.0 Å². The molecule has 0 aliphatic heterocycles. The number of hydrogen-bond acceptors (Lipinski definition) is 4. The number of nitrogens with two attached hydrogens (primary N) is 1. The molecule has 2 heterocycles. The zero-order valence-corrected chi connectivity index (χ0v) is 9.66. The summed E-state index contributed by atoms with van der Waals surface area (Å²) in [5.41, 5.74) is 6.67. The average Bonchev–Trinajstić information content (AvgIpc) is 2.83. The van der Waals surface area contributed by atoms with Crippen molar-refractivity contribution in [3.63, 3.8) is 0 Å². The molecule has 4 nitrogen and oxygen atoms in total. The first-order chi connectivity index (χ1) is 7.74. The summed E-state index contributed by atoms with van der Waals surface area (Å²) in [4.78, 5) is 5.17. The molecular weight excluding hydrogens is 244 g/mol. The highest BCUT2D eigenvalue weighted by molar-refractivity contribution is 7.15. The van der Waals surface area contributed by atoms with Crippen molar-refractivity contribution in [3.8, 4) is 11.4 Å². The van der Waals surface area contributed by atoms with E-state index in [9.17, 15) is 0 Å². The summed E-state index contributed by atoms with van der Waals surface area (Å²) in [5, 5.41) is 6.84. The minimum absolute atomic E-state index is 0.604. The molecule has 0 aliphatic carbocycles. The van der Waals surface area contributed by atoms with E-state index < -0.39 is 0 Å². The molecule has 3 rings (SSSR count). The highest BCUT2D eigenvalue weighted by Gasteiger charge is 2.09. The molecule has 2 N–H and O–H groups in total. The van der Waals surface area contributed by atoms with Gasteiger partial charge in [-0.1, -0.05) is 11.6 Å². The molecule has 1 aromatic carbocycles. The second-order valence-corrected chi connectivity index (χ2v) is 4.57. The second-order valence-electron chi connectivity index (χ2n) is 3.30. The zero-order valence-electron chi connectivity index (χ0n) is 8.09. The Morgan fingerprint density at radius 3 is 2.69 bits per heavy atom. The van der Waals surface area contributed by atoms with Crippen molar-refractivity contribution in [1.29, 1.82) is 0 Å². The van der Waals surface area contributed by atoms with Gasteiger partial charge < -0.3 is 5.73 Å². The first-order valence-corrected chi connectivity index (χ1v) is 5.85. The first kappa shape index (κ1) is 9.62. The van der Waals surface area contributed by atoms with Gasteiger partial charge in [-0.15, -0.1) is 16.4 Å². The monoisotopic (exact) mass is 250 g/mol. The van der Waals surface area contributed by atoms with E-state index in [-0.39, 0.29) is 0 Å². The molecule has 3 aromatic rings. The van der Waals surface area contributed by atoms with Crippen molar-refractivity contribution in [2.75, 3.05) is 5.73 Å². The molecule has 16 heavy (non-hydrogen) atoms. The number of fused-ring (bicyclic) bond motifs is 1. The predicted molar refractivity (Wildman–Crippen MR) is 65.7 cm³/mol. The van der Waals surface area contributed by atoms with Crippen LogP contribution in [-0.2, 0) is 0 Å². The number of nitrogen functional groups attached to an aromatic ring is 1. The molecule has 0 aliphatic rings. The number of hydrogen-bond donors (Lipinski definition) is 1. The van der Waals surface area contributed by atoms with Gasteiger partial charge in [0.2, 0.25) is 4.96 Å². The van der Waals surface area contributed by atoms with Crippen LogP contribution in [0.2, 0.25) is 5.02 Å². The van der Waals surface area contributed by atoms with E-state index in [0.717, 1.165) is 10.5 Å². The van der Waals surface area contributed by atoms with Crippen LogP contribution in [0.15, 0.2) is 29.6 Å². The summed E-state index contributed by atoms with van der Waals surface area (Å²) in [6.45, 7) is 0. The van der Waals surface area contributed by atoms with Gasteiger partial charge in [0.1, 0.15) is 5.82 Å². The molecular formula is C10H7ClN4S. The molecule has 0 fully saturated rings. The molecule has 0 amide bonds. The molecule has 0 radical (unpaired) electrons. The maximum atomic E-state index is 5.82. The molecule has 6 heteroatoms. The van der Waals surface area contributed by atoms with E-state index in [1.165, 1.54) is 11.3 Å². The quantitative estimate of drug-likeness (QED) is 0.722. The molecule has 0 saturated carbocycles. The van der Waals surface area contributed by atoms with E-state index in [2.05, 4.69) is 10.1 Å². The Kier molecular flexibility index (Phi) is 2.08. The molecule has 0 saturated heterocycles. The van der Waals surface area contributed by atoms with Crippen LogP contribution in [0.25, 0.3) is 16.3 Å². The SMILES string of the molecule is Nc1csc2nc(-c3ccc(Cl)cc3)nn12. The van der Waals surface area contributed by atoms with Crippen molar-refractivity contribution in [1.82, 2.24) is 14.6 Å². The average molecular weight is 251 g/mol. The second kappa shape index (κ2) is 3.47. The molecule has 0 unspecified atom stereocenters. The zero-order chi connectivity index (χ0) is 11.1. The molecule has 2 aromatic heterocycles. The number of aromatic nitrogens is 3. The van der Waals surface area contributed by atoms with Crippen molar-refractivity contribution in [3.05, 3.63) is 34.7 Å². The third kappa shape index (κ3) is 1.45. The van der Waals surface area contributed by atoms with Crippen LogP contribution in [0.1, 0.15) is 0 Å². The van der Waals surface area contributed by atoms with Gasteiger partial charge >= 0.3 is 0 Å². The smallest absolute Gasteiger partial charge is 0.214 e. The van der Waals surface area contributed by atoms with Crippen LogP contribution < -0.4 is 5.73 Å². The Labute approximate surface area is 100 Å². The summed E-state index contributed by atoms with van der Waals surface area (Å²) < 4.78 is 1.63. The van der Waals surface area contributed by atoms with E-state index in [4.69, 9.17) is 17.3 Å². The molecule has 0 bridgehead atoms. The van der Waals surface area contributed by atoms with Crippen molar-refractivity contribution in [2.45, 2.75) is 0 Å². The summed E-state index contributed by atoms with van der Waals surface area (Å²) in [5.74, 6) is 1.27. The van der Waals surface area contributed by atoms with E-state index in [1.54, 1.807) is 4.52 Å². The van der Waals surface area contributed by atoms with Gasteiger partial charge in [0.25, 0.3) is 0 Å². The fourth-order valence-electron chi connectivity index (χ4n) is 1.43. The van der Waals surface area contributed by atoms with Crippen LogP contribution >= 0.6 is 22.9 Å². The summed E-state index contributed by atoms with van der Waals surface area (Å²) >= 11 is 7.29. The lowest BCUT2D eigenvalue weighted by Gasteiger charge is -1.94. The maximum Gasteiger partial charge on any atom is 0.214 e. The Balaban J connectivity index is 2.15. The minimum Gasteiger partial charge on any atom is -0.383 e. The fraction of sp³-hybridized carbons (Fsp3) is 0. The van der Waals surface area contributed by atoms with Crippen molar-refractivity contribution < 1.29 is 0 Å². The molecule has 0 spiro atoms. The van der Waals surface area contributed by atoms with Crippen molar-refractivity contribution in [2.24, 2.45) is 0 Å². The lowest BCUT2D eigenvalue weighted by molar-refractivity contribution is 0.994. The Hall–Kier alpha value is -1.59. The molecule has 80 valence electrons. The number of anilines is 1. The van der Waals surface area contributed by atoms with Crippen LogP contribution in [0, 0.1) is 0 Å². The Morgan fingerprint density at radius 2 is 2.00 bits per heavy atom. The van der Waals surface area contributed by atoms with E-state index >= 15 is 0 Å². The third-order valence-electron chi connectivity index (χ3n) is 2.21. The normalized spacial score (nSPS) is 11.1. The fourth-order valence-corrected chi connectivity index (χ4v) is 2.26. The van der Waals surface area contributed by atoms with Gasteiger partial charge in [-0.25, -0.2) is 0 Å². The van der Waals surface area contributed by atoms with Crippen LogP contribution in [0.4, 0.5) is 5.82 Å². The Bertz CT molecular complexity index is 640. The minimum atomic E-state index is 0.604. The third-order valence-corrected chi connectivity index (χ3v) is 3.30. The van der Waals surface area contributed by atoms with Crippen LogP contribution in [0.3, 0.4) is 0 Å².